The van der Waals surface area contributed by atoms with Crippen molar-refractivity contribution < 1.29 is 20.1 Å². The van der Waals surface area contributed by atoms with Gasteiger partial charge < -0.3 is 4.52 Å². The molecule has 0 aromatic rings. The van der Waals surface area contributed by atoms with Crippen molar-refractivity contribution in [2.75, 3.05) is 37.9 Å². The predicted octanol–water partition coefficient (Wildman–Crippen LogP) is 1.88. The van der Waals surface area contributed by atoms with Gasteiger partial charge >= 0.3 is 7.67 Å². The molecule has 0 amide bonds. The lowest BCUT2D eigenvalue weighted by Gasteiger charge is -2.33. The fourth-order valence-electron chi connectivity index (χ4n) is 0.840. The minimum atomic E-state index is -4.30. The van der Waals surface area contributed by atoms with Crippen LogP contribution in [0.4, 0.5) is 0 Å². The van der Waals surface area contributed by atoms with E-state index in [1.807, 2.05) is 0 Å². The Morgan fingerprint density at radius 2 is 2.21 bits per heavy atom. The summed E-state index contributed by atoms with van der Waals surface area (Å²) in [7, 11) is -4.30. The van der Waals surface area contributed by atoms with Crippen LogP contribution in [-0.2, 0) is 9.09 Å². The van der Waals surface area contributed by atoms with Crippen LogP contribution >= 0.6 is 30.9 Å². The zero-order chi connectivity index (χ0) is 17.6. The van der Waals surface area contributed by atoms with Crippen molar-refractivity contribution >= 4 is 30.9 Å². The van der Waals surface area contributed by atoms with Crippen LogP contribution < -0.4 is 5.09 Å². The number of nitrogens with one attached hydrogen (secondary N) is 1. The Hall–Kier alpha value is 0.690. The highest BCUT2D eigenvalue weighted by atomic mass is 35.5. The van der Waals surface area contributed by atoms with E-state index in [0.29, 0.717) is 4.67 Å². The molecule has 1 rings (SSSR count). The van der Waals surface area contributed by atoms with E-state index in [0.717, 1.165) is 0 Å². The van der Waals surface area contributed by atoms with Gasteiger partial charge in [-0.25, -0.2) is 9.76 Å². The lowest BCUT2D eigenvalue weighted by Crippen LogP contribution is -2.35. The molecule has 0 bridgehead atoms. The Morgan fingerprint density at radius 1 is 1.57 bits per heavy atom. The van der Waals surface area contributed by atoms with Crippen LogP contribution in [0.15, 0.2) is 0 Å². The van der Waals surface area contributed by atoms with Crippen molar-refractivity contribution in [1.82, 2.24) is 9.76 Å². The molecule has 1 unspecified atom stereocenters. The molecule has 1 aliphatic rings. The van der Waals surface area contributed by atoms with Crippen molar-refractivity contribution in [1.29, 1.82) is 0 Å². The Bertz CT molecular complexity index is 452. The first-order valence-corrected chi connectivity index (χ1v) is 6.00. The molecule has 1 N–H and O–H groups in total. The number of hydrogen-bond donors (Lipinski definition) is 1. The second-order valence-corrected chi connectivity index (χ2v) is 4.96. The van der Waals surface area contributed by atoms with Gasteiger partial charge in [0.15, 0.2) is 0 Å². The Morgan fingerprint density at radius 3 is 2.71 bits per heavy atom. The van der Waals surface area contributed by atoms with Crippen LogP contribution in [0, 0.1) is 0 Å². The molecule has 1 fully saturated rings. The van der Waals surface area contributed by atoms with Crippen LogP contribution in [0.5, 0.6) is 0 Å². The van der Waals surface area contributed by atoms with Gasteiger partial charge in [0.25, 0.3) is 0 Å². The third kappa shape index (κ3) is 3.37. The summed E-state index contributed by atoms with van der Waals surface area (Å²) in [6.07, 6.45) is -2.48. The Kier molecular flexibility index (Phi) is 2.41. The summed E-state index contributed by atoms with van der Waals surface area (Å²) in [6, 6.07) is 0. The summed E-state index contributed by atoms with van der Waals surface area (Å²) in [5.74, 6) is -4.82. The molecular formula is C7H15Cl2N2O2P. The molecule has 0 aliphatic carbocycles. The Balaban J connectivity index is 3.11. The molecule has 1 atom stereocenters. The van der Waals surface area contributed by atoms with E-state index < -0.39 is 51.9 Å². The van der Waals surface area contributed by atoms with Gasteiger partial charge in [0.05, 0.1) is 9.30 Å². The maximum Gasteiger partial charge on any atom is 0.343 e. The maximum atomic E-state index is 12.7. The first-order valence-electron chi connectivity index (χ1n) is 7.67. The molecule has 0 radical (unpaired) electrons. The number of halogens is 2. The molecule has 1 heterocycles. The zero-order valence-electron chi connectivity index (χ0n) is 15.1. The number of alkyl halides is 2. The Labute approximate surface area is 106 Å². The number of hydrogen-bond acceptors (Lipinski definition) is 2. The van der Waals surface area contributed by atoms with E-state index in [1.165, 1.54) is 0 Å². The van der Waals surface area contributed by atoms with Crippen molar-refractivity contribution in [2.45, 2.75) is 6.37 Å². The summed E-state index contributed by atoms with van der Waals surface area (Å²) in [4.78, 5) is 0. The largest absolute Gasteiger partial charge is 0.343 e. The molecular weight excluding hydrogens is 246 g/mol. The molecule has 1 saturated heterocycles. The monoisotopic (exact) mass is 268 g/mol. The molecule has 0 aromatic carbocycles. The van der Waals surface area contributed by atoms with E-state index in [9.17, 15) is 4.57 Å². The van der Waals surface area contributed by atoms with Gasteiger partial charge in [0.1, 0.15) is 0 Å². The van der Waals surface area contributed by atoms with Gasteiger partial charge in [-0.3, -0.25) is 4.57 Å². The van der Waals surface area contributed by atoms with Gasteiger partial charge in [-0.2, -0.15) is 0 Å². The normalized spacial score (nSPS) is 45.9. The summed E-state index contributed by atoms with van der Waals surface area (Å²) in [6.45, 7) is -5.15. The predicted molar refractivity (Wildman–Crippen MR) is 59.2 cm³/mol. The van der Waals surface area contributed by atoms with E-state index in [1.54, 1.807) is 0 Å². The van der Waals surface area contributed by atoms with Crippen molar-refractivity contribution in [3.8, 4) is 0 Å². The van der Waals surface area contributed by atoms with Crippen molar-refractivity contribution in [3.05, 3.63) is 0 Å². The van der Waals surface area contributed by atoms with Gasteiger partial charge in [-0.05, 0) is 6.37 Å². The van der Waals surface area contributed by atoms with Crippen molar-refractivity contribution in [2.24, 2.45) is 0 Å². The van der Waals surface area contributed by atoms with E-state index in [4.69, 9.17) is 38.7 Å². The summed E-state index contributed by atoms with van der Waals surface area (Å²) in [5.41, 5.74) is 0. The standard InChI is InChI=1S/C7H15Cl2N2O2P/c8-2-5-11(6-3-9)14(12)10-4-1-7-13-14/h1-7H2,(H,10,12)/i1D2,2D2,3D2,7D2. The summed E-state index contributed by atoms with van der Waals surface area (Å²) >= 11 is 10.8. The molecule has 84 valence electrons. The van der Waals surface area contributed by atoms with Crippen LogP contribution in [0.1, 0.15) is 17.3 Å². The van der Waals surface area contributed by atoms with E-state index in [2.05, 4.69) is 5.09 Å². The second kappa shape index (κ2) is 6.31. The SMILES string of the molecule is [2H]C([2H])(Cl)CN(CC([2H])([2H])Cl)P1(=O)NCC([2H])([2H])C([2H])([2H])O1. The molecule has 0 aromatic heterocycles. The number of nitrogens with zero attached hydrogens (tertiary/aromatic N) is 1. The van der Waals surface area contributed by atoms with Gasteiger partial charge in [0.2, 0.25) is 0 Å². The third-order valence-electron chi connectivity index (χ3n) is 1.47. The topological polar surface area (TPSA) is 41.6 Å². The van der Waals surface area contributed by atoms with Crippen LogP contribution in [-0.4, -0.2) is 42.5 Å². The van der Waals surface area contributed by atoms with Gasteiger partial charge in [-0.1, -0.05) is 0 Å². The highest BCUT2D eigenvalue weighted by molar-refractivity contribution is 7.54. The van der Waals surface area contributed by atoms with Gasteiger partial charge in [-0.15, -0.1) is 23.2 Å². The minimum Gasteiger partial charge on any atom is -0.306 e. The third-order valence-corrected chi connectivity index (χ3v) is 3.63. The minimum absolute atomic E-state index is 0.625. The van der Waals surface area contributed by atoms with Crippen LogP contribution in [0.25, 0.3) is 0 Å². The molecule has 7 heteroatoms. The van der Waals surface area contributed by atoms with Crippen molar-refractivity contribution in [3.63, 3.8) is 0 Å². The highest BCUT2D eigenvalue weighted by Crippen LogP contribution is 2.47. The lowest BCUT2D eigenvalue weighted by molar-refractivity contribution is 0.233. The van der Waals surface area contributed by atoms with Crippen LogP contribution in [0.3, 0.4) is 0 Å². The first kappa shape index (κ1) is 5.35. The van der Waals surface area contributed by atoms with Gasteiger partial charge in [0, 0.05) is 39.5 Å². The average Bonchev–Trinajstić information content (AvgIpc) is 2.19. The van der Waals surface area contributed by atoms with E-state index in [-0.39, 0.29) is 0 Å². The van der Waals surface area contributed by atoms with Crippen LogP contribution in [0.2, 0.25) is 0 Å². The molecule has 0 saturated carbocycles. The average molecular weight is 269 g/mol. The van der Waals surface area contributed by atoms with E-state index >= 15 is 0 Å². The fraction of sp³-hybridized carbons (Fsp3) is 1.00. The first-order chi connectivity index (χ1) is 9.48. The highest BCUT2D eigenvalue weighted by Gasteiger charge is 2.32. The lowest BCUT2D eigenvalue weighted by atomic mass is 10.5. The summed E-state index contributed by atoms with van der Waals surface area (Å²) < 4.78 is 77.3. The molecule has 4 nitrogen and oxygen atoms in total. The number of rotatable bonds is 5. The quantitative estimate of drug-likeness (QED) is 0.611. The maximum absolute atomic E-state index is 12.7. The second-order valence-electron chi connectivity index (χ2n) is 2.32. The smallest absolute Gasteiger partial charge is 0.306 e. The zero-order valence-corrected chi connectivity index (χ0v) is 9.49. The summed E-state index contributed by atoms with van der Waals surface area (Å²) in [5, 5.41) is 2.18. The fourth-order valence-corrected chi connectivity index (χ4v) is 2.66. The molecule has 14 heavy (non-hydrogen) atoms. The molecule has 0 spiro atoms. The molecule has 1 aliphatic heterocycles.